The Hall–Kier alpha value is -1.52. The van der Waals surface area contributed by atoms with E-state index in [1.165, 1.54) is 4.90 Å². The summed E-state index contributed by atoms with van der Waals surface area (Å²) in [6.07, 6.45) is 1.70. The number of carbonyl (C=O) groups is 1. The molecular formula is C16H12BrNOS. The lowest BCUT2D eigenvalue weighted by Gasteiger charge is -2.13. The number of hydrogen-bond donors (Lipinski definition) is 0. The largest absolute Gasteiger partial charge is 0.338 e. The van der Waals surface area contributed by atoms with Gasteiger partial charge in [-0.2, -0.15) is 0 Å². The van der Waals surface area contributed by atoms with E-state index in [1.807, 2.05) is 43.4 Å². The maximum absolute atomic E-state index is 12.4. The predicted molar refractivity (Wildman–Crippen MR) is 87.3 cm³/mol. The van der Waals surface area contributed by atoms with Crippen molar-refractivity contribution >= 4 is 39.2 Å². The summed E-state index contributed by atoms with van der Waals surface area (Å²) in [5, 5.41) is 0.951. The standard InChI is InChI=1S/C16H12BrNOS/c1-18-13-8-4-5-9-15(13)20-16(18)10-14(19)11-6-2-3-7-12(11)17/h2-10H,1H3. The van der Waals surface area contributed by atoms with Crippen molar-refractivity contribution in [3.63, 3.8) is 0 Å². The summed E-state index contributed by atoms with van der Waals surface area (Å²) in [7, 11) is 1.98. The fraction of sp³-hybridized carbons (Fsp3) is 0.0625. The van der Waals surface area contributed by atoms with Gasteiger partial charge in [-0.25, -0.2) is 0 Å². The number of para-hydroxylation sites is 1. The Balaban J connectivity index is 1.92. The molecule has 0 unspecified atom stereocenters. The SMILES string of the molecule is CN1C(=CC(=O)c2ccccc2Br)Sc2ccccc21. The van der Waals surface area contributed by atoms with Gasteiger partial charge in [-0.3, -0.25) is 4.79 Å². The minimum absolute atomic E-state index is 0.0135. The molecule has 20 heavy (non-hydrogen) atoms. The lowest BCUT2D eigenvalue weighted by molar-refractivity contribution is 0.104. The third-order valence-corrected chi connectivity index (χ3v) is 5.02. The number of allylic oxidation sites excluding steroid dienone is 1. The molecule has 0 saturated heterocycles. The van der Waals surface area contributed by atoms with Crippen molar-refractivity contribution < 1.29 is 4.79 Å². The molecule has 0 saturated carbocycles. The maximum Gasteiger partial charge on any atom is 0.189 e. The average Bonchev–Trinajstić information content (AvgIpc) is 2.76. The fourth-order valence-electron chi connectivity index (χ4n) is 2.10. The summed E-state index contributed by atoms with van der Waals surface area (Å²) < 4.78 is 0.824. The molecular weight excluding hydrogens is 334 g/mol. The number of nitrogens with zero attached hydrogens (tertiary/aromatic N) is 1. The van der Waals surface area contributed by atoms with Crippen LogP contribution < -0.4 is 4.90 Å². The van der Waals surface area contributed by atoms with Crippen LogP contribution in [0, 0.1) is 0 Å². The van der Waals surface area contributed by atoms with Crippen LogP contribution in [0.25, 0.3) is 0 Å². The van der Waals surface area contributed by atoms with Gasteiger partial charge in [0.2, 0.25) is 0 Å². The minimum atomic E-state index is 0.0135. The second-order valence-electron chi connectivity index (χ2n) is 4.46. The number of hydrogen-bond acceptors (Lipinski definition) is 3. The van der Waals surface area contributed by atoms with Crippen molar-refractivity contribution in [1.29, 1.82) is 0 Å². The molecule has 0 fully saturated rings. The van der Waals surface area contributed by atoms with Crippen molar-refractivity contribution in [3.05, 3.63) is 69.7 Å². The lowest BCUT2D eigenvalue weighted by atomic mass is 10.1. The Kier molecular flexibility index (Phi) is 3.68. The van der Waals surface area contributed by atoms with Gasteiger partial charge >= 0.3 is 0 Å². The van der Waals surface area contributed by atoms with Crippen LogP contribution in [0.4, 0.5) is 5.69 Å². The zero-order valence-electron chi connectivity index (χ0n) is 10.8. The van der Waals surface area contributed by atoms with E-state index in [9.17, 15) is 4.79 Å². The van der Waals surface area contributed by atoms with E-state index in [4.69, 9.17) is 0 Å². The highest BCUT2D eigenvalue weighted by molar-refractivity contribution is 9.10. The maximum atomic E-state index is 12.4. The number of carbonyl (C=O) groups excluding carboxylic acids is 1. The van der Waals surface area contributed by atoms with Crippen LogP contribution in [0.2, 0.25) is 0 Å². The molecule has 1 aliphatic rings. The van der Waals surface area contributed by atoms with Gasteiger partial charge in [0, 0.05) is 28.1 Å². The number of anilines is 1. The second-order valence-corrected chi connectivity index (χ2v) is 6.37. The Morgan fingerprint density at radius 3 is 2.60 bits per heavy atom. The molecule has 0 bridgehead atoms. The Morgan fingerprint density at radius 2 is 1.85 bits per heavy atom. The molecule has 2 aromatic carbocycles. The van der Waals surface area contributed by atoms with Gasteiger partial charge in [-0.1, -0.05) is 52.0 Å². The summed E-state index contributed by atoms with van der Waals surface area (Å²) in [5.74, 6) is 0.0135. The zero-order valence-corrected chi connectivity index (χ0v) is 13.2. The summed E-state index contributed by atoms with van der Waals surface area (Å²) in [4.78, 5) is 15.6. The van der Waals surface area contributed by atoms with Crippen molar-refractivity contribution in [2.24, 2.45) is 0 Å². The molecule has 0 aromatic heterocycles. The van der Waals surface area contributed by atoms with Gasteiger partial charge in [0.1, 0.15) is 0 Å². The summed E-state index contributed by atoms with van der Waals surface area (Å²) >= 11 is 5.04. The molecule has 2 nitrogen and oxygen atoms in total. The van der Waals surface area contributed by atoms with Crippen molar-refractivity contribution in [3.8, 4) is 0 Å². The quantitative estimate of drug-likeness (QED) is 0.580. The van der Waals surface area contributed by atoms with Crippen LogP contribution in [-0.2, 0) is 0 Å². The minimum Gasteiger partial charge on any atom is -0.338 e. The second kappa shape index (κ2) is 5.46. The van der Waals surface area contributed by atoms with E-state index in [1.54, 1.807) is 17.8 Å². The van der Waals surface area contributed by atoms with Crippen molar-refractivity contribution in [2.45, 2.75) is 4.90 Å². The molecule has 0 spiro atoms. The molecule has 0 atom stereocenters. The topological polar surface area (TPSA) is 20.3 Å². The van der Waals surface area contributed by atoms with Gasteiger partial charge in [-0.15, -0.1) is 0 Å². The molecule has 1 aliphatic heterocycles. The Morgan fingerprint density at radius 1 is 1.15 bits per heavy atom. The van der Waals surface area contributed by atoms with Crippen LogP contribution in [0.1, 0.15) is 10.4 Å². The molecule has 0 aliphatic carbocycles. The van der Waals surface area contributed by atoms with Crippen molar-refractivity contribution in [1.82, 2.24) is 0 Å². The van der Waals surface area contributed by atoms with Gasteiger partial charge in [0.05, 0.1) is 10.7 Å². The number of benzene rings is 2. The average molecular weight is 346 g/mol. The first-order valence-corrected chi connectivity index (χ1v) is 7.79. The summed E-state index contributed by atoms with van der Waals surface area (Å²) in [5.41, 5.74) is 1.83. The third kappa shape index (κ3) is 2.41. The predicted octanol–water partition coefficient (Wildman–Crippen LogP) is 4.72. The van der Waals surface area contributed by atoms with Crippen molar-refractivity contribution in [2.75, 3.05) is 11.9 Å². The van der Waals surface area contributed by atoms with E-state index < -0.39 is 0 Å². The van der Waals surface area contributed by atoms with E-state index >= 15 is 0 Å². The highest BCUT2D eigenvalue weighted by Gasteiger charge is 2.22. The smallest absolute Gasteiger partial charge is 0.189 e. The van der Waals surface area contributed by atoms with Gasteiger partial charge in [0.25, 0.3) is 0 Å². The molecule has 1 heterocycles. The lowest BCUT2D eigenvalue weighted by Crippen LogP contribution is -2.11. The molecule has 0 radical (unpaired) electrons. The number of ketones is 1. The van der Waals surface area contributed by atoms with Crippen LogP contribution in [0.3, 0.4) is 0 Å². The zero-order chi connectivity index (χ0) is 14.1. The van der Waals surface area contributed by atoms with E-state index in [2.05, 4.69) is 33.0 Å². The number of thioether (sulfide) groups is 1. The van der Waals surface area contributed by atoms with Crippen LogP contribution in [0.5, 0.6) is 0 Å². The molecule has 3 rings (SSSR count). The summed E-state index contributed by atoms with van der Waals surface area (Å²) in [6, 6.07) is 15.6. The molecule has 0 N–H and O–H groups in total. The van der Waals surface area contributed by atoms with E-state index in [0.29, 0.717) is 5.56 Å². The van der Waals surface area contributed by atoms with Crippen LogP contribution in [-0.4, -0.2) is 12.8 Å². The number of fused-ring (bicyclic) bond motifs is 1. The molecule has 100 valence electrons. The first kappa shape index (κ1) is 13.5. The Bertz CT molecular complexity index is 711. The highest BCUT2D eigenvalue weighted by atomic mass is 79.9. The van der Waals surface area contributed by atoms with Gasteiger partial charge in [-0.05, 0) is 24.3 Å². The van der Waals surface area contributed by atoms with Crippen LogP contribution in [0.15, 0.2) is 69.0 Å². The monoisotopic (exact) mass is 345 g/mol. The van der Waals surface area contributed by atoms with E-state index in [0.717, 1.165) is 15.2 Å². The normalized spacial score (nSPS) is 15.5. The molecule has 0 amide bonds. The van der Waals surface area contributed by atoms with Gasteiger partial charge < -0.3 is 4.90 Å². The third-order valence-electron chi connectivity index (χ3n) is 3.17. The first-order valence-electron chi connectivity index (χ1n) is 6.18. The van der Waals surface area contributed by atoms with E-state index in [-0.39, 0.29) is 5.78 Å². The summed E-state index contributed by atoms with van der Waals surface area (Å²) in [6.45, 7) is 0. The highest BCUT2D eigenvalue weighted by Crippen LogP contribution is 2.44. The Labute approximate surface area is 130 Å². The molecule has 2 aromatic rings. The number of halogens is 1. The number of rotatable bonds is 2. The van der Waals surface area contributed by atoms with Crippen LogP contribution >= 0.6 is 27.7 Å². The fourth-order valence-corrected chi connectivity index (χ4v) is 3.66. The molecule has 4 heteroatoms. The first-order chi connectivity index (χ1) is 9.66. The van der Waals surface area contributed by atoms with Gasteiger partial charge in [0.15, 0.2) is 5.78 Å².